The van der Waals surface area contributed by atoms with Crippen molar-refractivity contribution in [2.24, 2.45) is 0 Å². The Morgan fingerprint density at radius 1 is 0.964 bits per heavy atom. The van der Waals surface area contributed by atoms with Crippen molar-refractivity contribution in [3.63, 3.8) is 0 Å². The zero-order chi connectivity index (χ0) is 20.0. The maximum atomic E-state index is 13.8. The van der Waals surface area contributed by atoms with Crippen LogP contribution in [-0.4, -0.2) is 57.3 Å². The second kappa shape index (κ2) is 7.05. The van der Waals surface area contributed by atoms with E-state index in [0.717, 1.165) is 11.0 Å². The molecule has 1 aromatic heterocycles. The number of nitrogens with zero attached hydrogens (tertiary/aromatic N) is 3. The van der Waals surface area contributed by atoms with Crippen LogP contribution in [0.1, 0.15) is 13.8 Å². The number of β-amino-alcohol motifs (C(OH)–C–C–N with tert-alkyl or cyclic N) is 1. The number of hydrogen-bond donors (Lipinski definition) is 1. The molecule has 4 rings (SSSR count). The summed E-state index contributed by atoms with van der Waals surface area (Å²) in [5.74, 6) is -0.791. The molecule has 1 atom stereocenters. The van der Waals surface area contributed by atoms with E-state index in [9.17, 15) is 18.7 Å². The lowest BCUT2D eigenvalue weighted by Gasteiger charge is -2.24. The fourth-order valence-electron chi connectivity index (χ4n) is 4.02. The maximum absolute atomic E-state index is 13.8. The molecule has 148 valence electrons. The molecule has 5 nitrogen and oxygen atoms in total. The molecule has 0 aliphatic carbocycles. The van der Waals surface area contributed by atoms with Crippen molar-refractivity contribution in [1.29, 1.82) is 0 Å². The number of benzene rings is 2. The van der Waals surface area contributed by atoms with Gasteiger partial charge in [0.25, 0.3) is 0 Å². The van der Waals surface area contributed by atoms with Gasteiger partial charge in [-0.05, 0) is 50.2 Å². The van der Waals surface area contributed by atoms with Crippen LogP contribution in [0.3, 0.4) is 0 Å². The number of hydrogen-bond acceptors (Lipinski definition) is 2. The van der Waals surface area contributed by atoms with Gasteiger partial charge in [0.2, 0.25) is 0 Å². The number of rotatable bonds is 5. The first kappa shape index (κ1) is 18.7. The summed E-state index contributed by atoms with van der Waals surface area (Å²) in [5, 5.41) is 11.9. The average molecular weight is 387 g/mol. The zero-order valence-corrected chi connectivity index (χ0v) is 15.9. The van der Waals surface area contributed by atoms with Gasteiger partial charge in [0.05, 0.1) is 19.2 Å². The van der Waals surface area contributed by atoms with Crippen LogP contribution in [0.4, 0.5) is 13.6 Å². The highest BCUT2D eigenvalue weighted by atomic mass is 19.1. The van der Waals surface area contributed by atoms with E-state index in [1.807, 2.05) is 18.4 Å². The van der Waals surface area contributed by atoms with Crippen LogP contribution in [0.2, 0.25) is 0 Å². The van der Waals surface area contributed by atoms with E-state index >= 15 is 0 Å². The van der Waals surface area contributed by atoms with Crippen LogP contribution in [0.25, 0.3) is 21.8 Å². The van der Waals surface area contributed by atoms with E-state index < -0.39 is 17.7 Å². The van der Waals surface area contributed by atoms with Crippen LogP contribution < -0.4 is 0 Å². The smallest absolute Gasteiger partial charge is 0.320 e. The summed E-state index contributed by atoms with van der Waals surface area (Å²) in [4.78, 5) is 15.9. The highest BCUT2D eigenvalue weighted by molar-refractivity contribution is 6.08. The largest absolute Gasteiger partial charge is 0.389 e. The number of carbonyl (C=O) groups is 1. The minimum Gasteiger partial charge on any atom is -0.389 e. The molecule has 0 radical (unpaired) electrons. The topological polar surface area (TPSA) is 48.7 Å². The summed E-state index contributed by atoms with van der Waals surface area (Å²) < 4.78 is 29.4. The molecular formula is C21H23F2N3O2. The van der Waals surface area contributed by atoms with Gasteiger partial charge in [-0.15, -0.1) is 0 Å². The van der Waals surface area contributed by atoms with Gasteiger partial charge in [-0.3, -0.25) is 0 Å². The standard InChI is InChI=1S/C21H23F2N3O2/c1-13(2)25-8-7-24(21(25)28)11-16(27)12-26-19-5-3-14(22)9-17(19)18-10-15(23)4-6-20(18)26/h3-6,9-10,13,16,27H,7-8,11-12H2,1-2H3. The molecular weight excluding hydrogens is 364 g/mol. The Kier molecular flexibility index (Phi) is 4.71. The minimum absolute atomic E-state index is 0.0691. The van der Waals surface area contributed by atoms with Gasteiger partial charge in [0, 0.05) is 40.9 Å². The predicted octanol–water partition coefficient (Wildman–Crippen LogP) is 3.58. The lowest BCUT2D eigenvalue weighted by atomic mass is 10.1. The summed E-state index contributed by atoms with van der Waals surface area (Å²) >= 11 is 0. The molecule has 3 aromatic rings. The minimum atomic E-state index is -0.801. The van der Waals surface area contributed by atoms with Gasteiger partial charge in [0.1, 0.15) is 11.6 Å². The molecule has 28 heavy (non-hydrogen) atoms. The van der Waals surface area contributed by atoms with Crippen molar-refractivity contribution >= 4 is 27.8 Å². The van der Waals surface area contributed by atoms with Gasteiger partial charge in [-0.1, -0.05) is 0 Å². The first-order chi connectivity index (χ1) is 13.3. The lowest BCUT2D eigenvalue weighted by molar-refractivity contribution is 0.114. The molecule has 1 fully saturated rings. The van der Waals surface area contributed by atoms with Gasteiger partial charge >= 0.3 is 6.03 Å². The normalized spacial score (nSPS) is 16.1. The van der Waals surface area contributed by atoms with Crippen LogP contribution in [0, 0.1) is 11.6 Å². The molecule has 2 aromatic carbocycles. The van der Waals surface area contributed by atoms with Crippen LogP contribution >= 0.6 is 0 Å². The molecule has 1 saturated heterocycles. The highest BCUT2D eigenvalue weighted by Crippen LogP contribution is 2.30. The van der Waals surface area contributed by atoms with Gasteiger partial charge in [-0.2, -0.15) is 0 Å². The summed E-state index contributed by atoms with van der Waals surface area (Å²) in [5.41, 5.74) is 1.44. The molecule has 0 spiro atoms. The highest BCUT2D eigenvalue weighted by Gasteiger charge is 2.31. The molecule has 0 saturated carbocycles. The Morgan fingerprint density at radius 3 is 2.04 bits per heavy atom. The number of aliphatic hydroxyl groups is 1. The number of amides is 2. The van der Waals surface area contributed by atoms with Crippen molar-refractivity contribution in [2.75, 3.05) is 19.6 Å². The van der Waals surface area contributed by atoms with E-state index in [1.165, 1.54) is 24.3 Å². The fourth-order valence-corrected chi connectivity index (χ4v) is 4.02. The first-order valence-corrected chi connectivity index (χ1v) is 9.46. The van der Waals surface area contributed by atoms with Crippen molar-refractivity contribution in [3.8, 4) is 0 Å². The fraction of sp³-hybridized carbons (Fsp3) is 0.381. The molecule has 2 amide bonds. The summed E-state index contributed by atoms with van der Waals surface area (Å²) in [6.07, 6.45) is -0.801. The number of carbonyl (C=O) groups excluding carboxylic acids is 1. The van der Waals surface area contributed by atoms with Crippen molar-refractivity contribution in [1.82, 2.24) is 14.4 Å². The van der Waals surface area contributed by atoms with E-state index in [0.29, 0.717) is 23.9 Å². The molecule has 0 bridgehead atoms. The van der Waals surface area contributed by atoms with E-state index in [-0.39, 0.29) is 25.2 Å². The van der Waals surface area contributed by atoms with E-state index in [1.54, 1.807) is 21.9 Å². The third-order valence-corrected chi connectivity index (χ3v) is 5.36. The van der Waals surface area contributed by atoms with E-state index in [2.05, 4.69) is 0 Å². The molecule has 1 unspecified atom stereocenters. The second-order valence-electron chi connectivity index (χ2n) is 7.60. The third-order valence-electron chi connectivity index (χ3n) is 5.36. The van der Waals surface area contributed by atoms with Crippen LogP contribution in [-0.2, 0) is 6.54 Å². The van der Waals surface area contributed by atoms with Gasteiger partial charge in [0.15, 0.2) is 0 Å². The van der Waals surface area contributed by atoms with Gasteiger partial charge < -0.3 is 19.5 Å². The van der Waals surface area contributed by atoms with Crippen molar-refractivity contribution in [2.45, 2.75) is 32.5 Å². The number of aliphatic hydroxyl groups excluding tert-OH is 1. The Balaban J connectivity index is 1.63. The lowest BCUT2D eigenvalue weighted by Crippen LogP contribution is -2.40. The number of fused-ring (bicyclic) bond motifs is 3. The Morgan fingerprint density at radius 2 is 1.54 bits per heavy atom. The first-order valence-electron chi connectivity index (χ1n) is 9.46. The Hall–Kier alpha value is -2.67. The van der Waals surface area contributed by atoms with Crippen molar-refractivity contribution < 1.29 is 18.7 Å². The monoisotopic (exact) mass is 387 g/mol. The third kappa shape index (κ3) is 3.20. The zero-order valence-electron chi connectivity index (χ0n) is 15.9. The molecule has 2 heterocycles. The van der Waals surface area contributed by atoms with Gasteiger partial charge in [-0.25, -0.2) is 13.6 Å². The Bertz CT molecular complexity index is 988. The van der Waals surface area contributed by atoms with E-state index in [4.69, 9.17) is 0 Å². The summed E-state index contributed by atoms with van der Waals surface area (Å²) in [6, 6.07) is 8.79. The van der Waals surface area contributed by atoms with Crippen LogP contribution in [0.15, 0.2) is 36.4 Å². The SMILES string of the molecule is CC(C)N1CCN(CC(O)Cn2c3ccc(F)cc3c3cc(F)ccc32)C1=O. The second-order valence-corrected chi connectivity index (χ2v) is 7.60. The quantitative estimate of drug-likeness (QED) is 0.728. The average Bonchev–Trinajstić information content (AvgIpc) is 3.13. The van der Waals surface area contributed by atoms with Crippen LogP contribution in [0.5, 0.6) is 0 Å². The maximum Gasteiger partial charge on any atom is 0.320 e. The molecule has 1 aliphatic rings. The number of urea groups is 1. The number of aromatic nitrogens is 1. The number of halogens is 2. The molecule has 7 heteroatoms. The Labute approximate surface area is 161 Å². The van der Waals surface area contributed by atoms with Crippen molar-refractivity contribution in [3.05, 3.63) is 48.0 Å². The summed E-state index contributed by atoms with van der Waals surface area (Å²) in [6.45, 7) is 5.60. The molecule has 1 N–H and O–H groups in total. The molecule has 1 aliphatic heterocycles. The predicted molar refractivity (Wildman–Crippen MR) is 104 cm³/mol. The summed E-state index contributed by atoms with van der Waals surface area (Å²) in [7, 11) is 0.